The van der Waals surface area contributed by atoms with Crippen LogP contribution in [0.3, 0.4) is 0 Å². The van der Waals surface area contributed by atoms with E-state index in [-0.39, 0.29) is 12.1 Å². The molecule has 3 heteroatoms. The second-order valence-electron chi connectivity index (χ2n) is 3.61. The molecule has 0 unspecified atom stereocenters. The van der Waals surface area contributed by atoms with Crippen LogP contribution in [0.25, 0.3) is 0 Å². The van der Waals surface area contributed by atoms with Gasteiger partial charge in [0, 0.05) is 25.2 Å². The van der Waals surface area contributed by atoms with Gasteiger partial charge in [0.15, 0.2) is 0 Å². The molecule has 0 aromatic heterocycles. The minimum atomic E-state index is -0.0920. The maximum Gasteiger partial charge on any atom is 0.306 e. The van der Waals surface area contributed by atoms with Crippen LogP contribution >= 0.6 is 0 Å². The summed E-state index contributed by atoms with van der Waals surface area (Å²) in [6.07, 6.45) is 3.34. The molecule has 3 nitrogen and oxygen atoms in total. The maximum absolute atomic E-state index is 11.1. The van der Waals surface area contributed by atoms with Gasteiger partial charge in [0.1, 0.15) is 11.9 Å². The van der Waals surface area contributed by atoms with E-state index in [1.807, 2.05) is 0 Å². The molecule has 12 heavy (non-hydrogen) atoms. The number of hydrogen-bond acceptors (Lipinski definition) is 3. The van der Waals surface area contributed by atoms with E-state index in [4.69, 9.17) is 4.74 Å². The normalized spacial score (nSPS) is 35.7. The molecule has 0 aromatic rings. The molecule has 0 aromatic carbocycles. The number of ketones is 1. The molecular formula is C9H12O3. The third kappa shape index (κ3) is 1.36. The molecule has 1 heterocycles. The van der Waals surface area contributed by atoms with E-state index >= 15 is 0 Å². The highest BCUT2D eigenvalue weighted by atomic mass is 16.5. The molecule has 0 amide bonds. The van der Waals surface area contributed by atoms with E-state index in [0.29, 0.717) is 31.0 Å². The van der Waals surface area contributed by atoms with E-state index < -0.39 is 0 Å². The lowest BCUT2D eigenvalue weighted by molar-refractivity contribution is -0.162. The first-order valence-corrected chi connectivity index (χ1v) is 4.47. The summed E-state index contributed by atoms with van der Waals surface area (Å²) >= 11 is 0. The van der Waals surface area contributed by atoms with E-state index in [0.717, 1.165) is 12.8 Å². The lowest BCUT2D eigenvalue weighted by atomic mass is 9.81. The molecule has 1 aliphatic heterocycles. The minimum Gasteiger partial charge on any atom is -0.462 e. The summed E-state index contributed by atoms with van der Waals surface area (Å²) in [4.78, 5) is 22.0. The smallest absolute Gasteiger partial charge is 0.306 e. The maximum atomic E-state index is 11.1. The second-order valence-corrected chi connectivity index (χ2v) is 3.61. The number of carbonyl (C=O) groups is 2. The summed E-state index contributed by atoms with van der Waals surface area (Å²) < 4.78 is 5.15. The Kier molecular flexibility index (Phi) is 1.87. The van der Waals surface area contributed by atoms with Crippen LogP contribution in [0.1, 0.15) is 32.1 Å². The Hall–Kier alpha value is -0.860. The zero-order chi connectivity index (χ0) is 8.55. The van der Waals surface area contributed by atoms with Gasteiger partial charge in [0.25, 0.3) is 0 Å². The number of carbonyl (C=O) groups excluding carboxylic acids is 2. The van der Waals surface area contributed by atoms with Gasteiger partial charge in [-0.1, -0.05) is 0 Å². The largest absolute Gasteiger partial charge is 0.462 e. The van der Waals surface area contributed by atoms with Gasteiger partial charge in [0.05, 0.1) is 0 Å². The van der Waals surface area contributed by atoms with Crippen molar-refractivity contribution in [1.82, 2.24) is 0 Å². The van der Waals surface area contributed by atoms with Crippen LogP contribution in [0, 0.1) is 5.92 Å². The predicted molar refractivity (Wildman–Crippen MR) is 41.5 cm³/mol. The van der Waals surface area contributed by atoms with Crippen molar-refractivity contribution in [2.45, 2.75) is 38.2 Å². The first kappa shape index (κ1) is 7.77. The lowest BCUT2D eigenvalue weighted by Gasteiger charge is -2.33. The fraction of sp³-hybridized carbons (Fsp3) is 0.778. The van der Waals surface area contributed by atoms with Crippen molar-refractivity contribution in [3.8, 4) is 0 Å². The Bertz CT molecular complexity index is 198. The standard InChI is InChI=1S/C9H12O3/c10-7-2-3-8-6(5-7)1-4-9(11)12-8/h6,8H,1-5H2/t6-,8+/m1/s1. The topological polar surface area (TPSA) is 43.4 Å². The Balaban J connectivity index is 2.02. The number of hydrogen-bond donors (Lipinski definition) is 0. The highest BCUT2D eigenvalue weighted by molar-refractivity contribution is 5.80. The summed E-state index contributed by atoms with van der Waals surface area (Å²) in [5, 5.41) is 0. The summed E-state index contributed by atoms with van der Waals surface area (Å²) in [5.74, 6) is 0.559. The number of fused-ring (bicyclic) bond motifs is 1. The highest BCUT2D eigenvalue weighted by Crippen LogP contribution is 2.32. The molecule has 0 N–H and O–H groups in total. The molecule has 1 saturated heterocycles. The van der Waals surface area contributed by atoms with Crippen LogP contribution in [0.5, 0.6) is 0 Å². The predicted octanol–water partition coefficient (Wildman–Crippen LogP) is 1.06. The SMILES string of the molecule is O=C1CC[C@@H]2OC(=O)CC[C@@H]2C1. The molecule has 0 spiro atoms. The van der Waals surface area contributed by atoms with Gasteiger partial charge in [0.2, 0.25) is 0 Å². The van der Waals surface area contributed by atoms with E-state index in [1.165, 1.54) is 0 Å². The molecule has 0 bridgehead atoms. The zero-order valence-corrected chi connectivity index (χ0v) is 6.91. The van der Waals surface area contributed by atoms with Crippen molar-refractivity contribution in [1.29, 1.82) is 0 Å². The van der Waals surface area contributed by atoms with Crippen molar-refractivity contribution < 1.29 is 14.3 Å². The van der Waals surface area contributed by atoms with Gasteiger partial charge < -0.3 is 4.74 Å². The first-order chi connectivity index (χ1) is 5.75. The summed E-state index contributed by atoms with van der Waals surface area (Å²) in [7, 11) is 0. The number of rotatable bonds is 0. The van der Waals surface area contributed by atoms with Gasteiger partial charge in [-0.05, 0) is 12.8 Å². The first-order valence-electron chi connectivity index (χ1n) is 4.47. The fourth-order valence-corrected chi connectivity index (χ4v) is 2.04. The minimum absolute atomic E-state index is 0.0453. The summed E-state index contributed by atoms with van der Waals surface area (Å²) in [5.41, 5.74) is 0. The van der Waals surface area contributed by atoms with Crippen molar-refractivity contribution >= 4 is 11.8 Å². The molecule has 2 fully saturated rings. The van der Waals surface area contributed by atoms with Gasteiger partial charge >= 0.3 is 5.97 Å². The van der Waals surface area contributed by atoms with Crippen molar-refractivity contribution in [2.24, 2.45) is 5.92 Å². The Morgan fingerprint density at radius 3 is 2.83 bits per heavy atom. The fourth-order valence-electron chi connectivity index (χ4n) is 2.04. The lowest BCUT2D eigenvalue weighted by Crippen LogP contribution is -2.37. The molecule has 2 aliphatic rings. The molecule has 2 rings (SSSR count). The third-order valence-electron chi connectivity index (χ3n) is 2.73. The quantitative estimate of drug-likeness (QED) is 0.508. The van der Waals surface area contributed by atoms with Gasteiger partial charge in [-0.2, -0.15) is 0 Å². The van der Waals surface area contributed by atoms with Gasteiger partial charge in [-0.25, -0.2) is 0 Å². The second kappa shape index (κ2) is 2.88. The zero-order valence-electron chi connectivity index (χ0n) is 6.91. The van der Waals surface area contributed by atoms with Crippen molar-refractivity contribution in [3.05, 3.63) is 0 Å². The van der Waals surface area contributed by atoms with Gasteiger partial charge in [-0.3, -0.25) is 9.59 Å². The molecule has 1 saturated carbocycles. The number of esters is 1. The van der Waals surface area contributed by atoms with E-state index in [1.54, 1.807) is 0 Å². The summed E-state index contributed by atoms with van der Waals surface area (Å²) in [6.45, 7) is 0. The molecule has 0 radical (unpaired) electrons. The van der Waals surface area contributed by atoms with Crippen LogP contribution in [-0.4, -0.2) is 17.9 Å². The van der Waals surface area contributed by atoms with Crippen LogP contribution in [0.15, 0.2) is 0 Å². The highest BCUT2D eigenvalue weighted by Gasteiger charge is 2.35. The average molecular weight is 168 g/mol. The van der Waals surface area contributed by atoms with Crippen LogP contribution in [0.2, 0.25) is 0 Å². The van der Waals surface area contributed by atoms with Gasteiger partial charge in [-0.15, -0.1) is 0 Å². The number of ether oxygens (including phenoxy) is 1. The van der Waals surface area contributed by atoms with Crippen molar-refractivity contribution in [3.63, 3.8) is 0 Å². The third-order valence-corrected chi connectivity index (χ3v) is 2.73. The van der Waals surface area contributed by atoms with Crippen LogP contribution < -0.4 is 0 Å². The van der Waals surface area contributed by atoms with Crippen molar-refractivity contribution in [2.75, 3.05) is 0 Å². The average Bonchev–Trinajstić information content (AvgIpc) is 2.05. The molecular weight excluding hydrogens is 156 g/mol. The Morgan fingerprint density at radius 1 is 1.17 bits per heavy atom. The van der Waals surface area contributed by atoms with E-state index in [9.17, 15) is 9.59 Å². The Labute approximate surface area is 71.1 Å². The molecule has 2 atom stereocenters. The molecule has 66 valence electrons. The Morgan fingerprint density at radius 2 is 2.00 bits per heavy atom. The number of Topliss-reactive ketones (excluding diaryl/α,β-unsaturated/α-hetero) is 1. The van der Waals surface area contributed by atoms with Crippen LogP contribution in [0.4, 0.5) is 0 Å². The van der Waals surface area contributed by atoms with E-state index in [2.05, 4.69) is 0 Å². The van der Waals surface area contributed by atoms with Crippen LogP contribution in [-0.2, 0) is 14.3 Å². The molecule has 1 aliphatic carbocycles. The summed E-state index contributed by atoms with van der Waals surface area (Å²) in [6, 6.07) is 0. The monoisotopic (exact) mass is 168 g/mol.